The molecule has 0 radical (unpaired) electrons. The van der Waals surface area contributed by atoms with E-state index < -0.39 is 0 Å². The van der Waals surface area contributed by atoms with Crippen LogP contribution in [0.25, 0.3) is 33.4 Å². The lowest BCUT2D eigenvalue weighted by Crippen LogP contribution is -2.08. The summed E-state index contributed by atoms with van der Waals surface area (Å²) in [7, 11) is 0. The van der Waals surface area contributed by atoms with Gasteiger partial charge in [-0.3, -0.25) is 0 Å². The lowest BCUT2D eigenvalue weighted by Gasteiger charge is -2.25. The van der Waals surface area contributed by atoms with Gasteiger partial charge in [0, 0.05) is 11.1 Å². The smallest absolute Gasteiger partial charge is 0.129 e. The molecule has 4 aromatic rings. The van der Waals surface area contributed by atoms with Crippen LogP contribution in [0, 0.1) is 0 Å². The average Bonchev–Trinajstić information content (AvgIpc) is 2.67. The SMILES string of the molecule is Clc1ccc2nc(-c3ccc(C4CCC4)cc3)c(-c3ccccc3)cc2n1. The van der Waals surface area contributed by atoms with Gasteiger partial charge in [0.15, 0.2) is 0 Å². The number of rotatable bonds is 3. The maximum atomic E-state index is 6.10. The summed E-state index contributed by atoms with van der Waals surface area (Å²) in [6, 6.07) is 25.1. The Morgan fingerprint density at radius 2 is 1.52 bits per heavy atom. The predicted octanol–water partition coefficient (Wildman–Crippen LogP) is 6.88. The van der Waals surface area contributed by atoms with Crippen molar-refractivity contribution in [3.63, 3.8) is 0 Å². The highest BCUT2D eigenvalue weighted by Gasteiger charge is 2.19. The summed E-state index contributed by atoms with van der Waals surface area (Å²) in [6.45, 7) is 0. The molecule has 0 aliphatic heterocycles. The van der Waals surface area contributed by atoms with Gasteiger partial charge in [0.1, 0.15) is 5.15 Å². The van der Waals surface area contributed by atoms with Crippen molar-refractivity contribution in [1.82, 2.24) is 9.97 Å². The zero-order chi connectivity index (χ0) is 18.2. The number of benzene rings is 2. The van der Waals surface area contributed by atoms with Gasteiger partial charge in [0.2, 0.25) is 0 Å². The second kappa shape index (κ2) is 6.79. The Bertz CT molecular complexity index is 1100. The molecule has 0 atom stereocenters. The van der Waals surface area contributed by atoms with E-state index in [1.165, 1.54) is 24.8 Å². The number of hydrogen-bond acceptors (Lipinski definition) is 2. The first-order valence-corrected chi connectivity index (χ1v) is 9.79. The first kappa shape index (κ1) is 16.5. The normalized spacial score (nSPS) is 14.3. The number of pyridine rings is 2. The summed E-state index contributed by atoms with van der Waals surface area (Å²) < 4.78 is 0. The lowest BCUT2D eigenvalue weighted by molar-refractivity contribution is 0.420. The minimum atomic E-state index is 0.487. The van der Waals surface area contributed by atoms with Crippen LogP contribution in [0.15, 0.2) is 72.8 Å². The molecule has 132 valence electrons. The van der Waals surface area contributed by atoms with Crippen LogP contribution in [0.1, 0.15) is 30.7 Å². The van der Waals surface area contributed by atoms with Gasteiger partial charge in [-0.1, -0.05) is 72.6 Å². The number of nitrogens with zero attached hydrogens (tertiary/aromatic N) is 2. The summed E-state index contributed by atoms with van der Waals surface area (Å²) in [4.78, 5) is 9.41. The van der Waals surface area contributed by atoms with E-state index in [0.29, 0.717) is 5.15 Å². The first-order valence-electron chi connectivity index (χ1n) is 9.41. The fraction of sp³-hybridized carbons (Fsp3) is 0.167. The van der Waals surface area contributed by atoms with Crippen LogP contribution in [0.5, 0.6) is 0 Å². The van der Waals surface area contributed by atoms with Crippen LogP contribution in [0.4, 0.5) is 0 Å². The first-order chi connectivity index (χ1) is 13.3. The minimum absolute atomic E-state index is 0.487. The van der Waals surface area contributed by atoms with Gasteiger partial charge in [-0.15, -0.1) is 0 Å². The largest absolute Gasteiger partial charge is 0.245 e. The second-order valence-electron chi connectivity index (χ2n) is 7.17. The van der Waals surface area contributed by atoms with Gasteiger partial charge in [-0.2, -0.15) is 0 Å². The summed E-state index contributed by atoms with van der Waals surface area (Å²) in [5.74, 6) is 0.739. The summed E-state index contributed by atoms with van der Waals surface area (Å²) in [5.41, 5.74) is 7.45. The molecule has 2 aromatic carbocycles. The molecule has 0 spiro atoms. The Morgan fingerprint density at radius 3 is 2.22 bits per heavy atom. The van der Waals surface area contributed by atoms with Crippen LogP contribution >= 0.6 is 11.6 Å². The molecule has 2 nitrogen and oxygen atoms in total. The van der Waals surface area contributed by atoms with Crippen molar-refractivity contribution in [3.05, 3.63) is 83.5 Å². The molecule has 0 N–H and O–H groups in total. The zero-order valence-electron chi connectivity index (χ0n) is 14.9. The minimum Gasteiger partial charge on any atom is -0.245 e. The number of hydrogen-bond donors (Lipinski definition) is 0. The molecule has 1 aliphatic rings. The van der Waals surface area contributed by atoms with Crippen molar-refractivity contribution in [3.8, 4) is 22.4 Å². The fourth-order valence-corrected chi connectivity index (χ4v) is 3.90. The molecule has 1 saturated carbocycles. The molecule has 2 aromatic heterocycles. The van der Waals surface area contributed by atoms with Crippen LogP contribution in [0.3, 0.4) is 0 Å². The van der Waals surface area contributed by atoms with E-state index in [-0.39, 0.29) is 0 Å². The molecule has 1 fully saturated rings. The molecular formula is C24H19ClN2. The highest BCUT2D eigenvalue weighted by atomic mass is 35.5. The van der Waals surface area contributed by atoms with E-state index in [2.05, 4.69) is 59.6 Å². The van der Waals surface area contributed by atoms with Crippen molar-refractivity contribution in [2.75, 3.05) is 0 Å². The molecule has 0 unspecified atom stereocenters. The van der Waals surface area contributed by atoms with E-state index >= 15 is 0 Å². The van der Waals surface area contributed by atoms with E-state index in [4.69, 9.17) is 16.6 Å². The predicted molar refractivity (Wildman–Crippen MR) is 112 cm³/mol. The molecule has 27 heavy (non-hydrogen) atoms. The average molecular weight is 371 g/mol. The molecule has 5 rings (SSSR count). The number of halogens is 1. The second-order valence-corrected chi connectivity index (χ2v) is 7.56. The molecule has 0 amide bonds. The number of aromatic nitrogens is 2. The molecule has 0 saturated heterocycles. The third-order valence-electron chi connectivity index (χ3n) is 5.48. The monoisotopic (exact) mass is 370 g/mol. The third-order valence-corrected chi connectivity index (χ3v) is 5.69. The van der Waals surface area contributed by atoms with Gasteiger partial charge in [-0.05, 0) is 48.1 Å². The summed E-state index contributed by atoms with van der Waals surface area (Å²) in [5, 5.41) is 0.487. The van der Waals surface area contributed by atoms with Gasteiger partial charge in [0.25, 0.3) is 0 Å². The summed E-state index contributed by atoms with van der Waals surface area (Å²) >= 11 is 6.10. The van der Waals surface area contributed by atoms with E-state index in [9.17, 15) is 0 Å². The highest BCUT2D eigenvalue weighted by Crippen LogP contribution is 2.38. The van der Waals surface area contributed by atoms with Crippen LogP contribution in [-0.4, -0.2) is 9.97 Å². The van der Waals surface area contributed by atoms with E-state index in [0.717, 1.165) is 39.3 Å². The van der Waals surface area contributed by atoms with Crippen molar-refractivity contribution >= 4 is 22.6 Å². The quantitative estimate of drug-likeness (QED) is 0.367. The van der Waals surface area contributed by atoms with E-state index in [1.807, 2.05) is 12.1 Å². The summed E-state index contributed by atoms with van der Waals surface area (Å²) in [6.07, 6.45) is 3.98. The molecule has 2 heterocycles. The zero-order valence-corrected chi connectivity index (χ0v) is 15.7. The van der Waals surface area contributed by atoms with Crippen molar-refractivity contribution in [2.45, 2.75) is 25.2 Å². The van der Waals surface area contributed by atoms with E-state index in [1.54, 1.807) is 6.07 Å². The lowest BCUT2D eigenvalue weighted by atomic mass is 9.80. The highest BCUT2D eigenvalue weighted by molar-refractivity contribution is 6.29. The van der Waals surface area contributed by atoms with Crippen LogP contribution < -0.4 is 0 Å². The number of fused-ring (bicyclic) bond motifs is 1. The van der Waals surface area contributed by atoms with Crippen molar-refractivity contribution in [2.24, 2.45) is 0 Å². The molecule has 3 heteroatoms. The van der Waals surface area contributed by atoms with Crippen molar-refractivity contribution < 1.29 is 0 Å². The Morgan fingerprint density at radius 1 is 0.741 bits per heavy atom. The van der Waals surface area contributed by atoms with Gasteiger partial charge in [0.05, 0.1) is 16.7 Å². The van der Waals surface area contributed by atoms with Crippen LogP contribution in [0.2, 0.25) is 5.15 Å². The molecule has 1 aliphatic carbocycles. The third kappa shape index (κ3) is 3.11. The maximum absolute atomic E-state index is 6.10. The Balaban J connectivity index is 1.68. The van der Waals surface area contributed by atoms with Crippen LogP contribution in [-0.2, 0) is 0 Å². The van der Waals surface area contributed by atoms with Gasteiger partial charge in [-0.25, -0.2) is 9.97 Å². The van der Waals surface area contributed by atoms with Gasteiger partial charge < -0.3 is 0 Å². The Hall–Kier alpha value is -2.71. The fourth-order valence-electron chi connectivity index (χ4n) is 3.74. The molecular weight excluding hydrogens is 352 g/mol. The van der Waals surface area contributed by atoms with Crippen molar-refractivity contribution in [1.29, 1.82) is 0 Å². The maximum Gasteiger partial charge on any atom is 0.129 e. The topological polar surface area (TPSA) is 25.8 Å². The standard InChI is InChI=1S/C24H19ClN2/c25-23-14-13-21-22(26-23)15-20(18-5-2-1-3-6-18)24(27-21)19-11-9-17(10-12-19)16-7-4-8-16/h1-3,5-6,9-16H,4,7-8H2. The Kier molecular flexibility index (Phi) is 4.14. The molecule has 0 bridgehead atoms. The Labute approximate surface area is 163 Å². The van der Waals surface area contributed by atoms with Gasteiger partial charge >= 0.3 is 0 Å².